The van der Waals surface area contributed by atoms with Crippen molar-refractivity contribution in [2.45, 2.75) is 62.3 Å². The number of piperidine rings is 1. The summed E-state index contributed by atoms with van der Waals surface area (Å²) in [4.78, 5) is 26.1. The molecule has 1 saturated heterocycles. The number of hydrogen-bond acceptors (Lipinski definition) is 9. The van der Waals surface area contributed by atoms with Gasteiger partial charge in [-0.15, -0.1) is 0 Å². The number of nitrogens with zero attached hydrogens (tertiary/aromatic N) is 5. The number of aromatic nitrogens is 4. The van der Waals surface area contributed by atoms with E-state index >= 15 is 4.39 Å². The maximum Gasteiger partial charge on any atom is 0.270 e. The van der Waals surface area contributed by atoms with Crippen molar-refractivity contribution in [1.29, 1.82) is 5.26 Å². The number of hydrogen-bond donors (Lipinski definition) is 2. The van der Waals surface area contributed by atoms with E-state index in [0.29, 0.717) is 28.2 Å². The molecule has 2 unspecified atom stereocenters. The first-order valence-electron chi connectivity index (χ1n) is 13.4. The van der Waals surface area contributed by atoms with E-state index in [9.17, 15) is 18.5 Å². The van der Waals surface area contributed by atoms with Crippen LogP contribution in [0.4, 0.5) is 16.0 Å². The summed E-state index contributed by atoms with van der Waals surface area (Å²) in [7, 11) is -3.70. The lowest BCUT2D eigenvalue weighted by molar-refractivity contribution is 0.374. The van der Waals surface area contributed by atoms with E-state index in [-0.39, 0.29) is 40.3 Å². The molecule has 1 aliphatic heterocycles. The molecule has 212 valence electrons. The highest BCUT2D eigenvalue weighted by atomic mass is 32.2. The van der Waals surface area contributed by atoms with Gasteiger partial charge in [-0.25, -0.2) is 17.8 Å². The molecule has 0 aliphatic carbocycles. The lowest BCUT2D eigenvalue weighted by Gasteiger charge is -2.28. The van der Waals surface area contributed by atoms with Crippen LogP contribution in [0.2, 0.25) is 0 Å². The molecule has 4 heterocycles. The monoisotopic (exact) mass is 575 g/mol. The van der Waals surface area contributed by atoms with Gasteiger partial charge in [0.2, 0.25) is 5.95 Å². The fourth-order valence-electron chi connectivity index (χ4n) is 5.15. The zero-order valence-corrected chi connectivity index (χ0v) is 23.7. The second-order valence-corrected chi connectivity index (χ2v) is 13.0. The van der Waals surface area contributed by atoms with Crippen LogP contribution in [0.5, 0.6) is 0 Å². The summed E-state index contributed by atoms with van der Waals surface area (Å²) in [5.41, 5.74) is 0.887. The van der Waals surface area contributed by atoms with Gasteiger partial charge in [-0.05, 0) is 81.5 Å². The van der Waals surface area contributed by atoms with Gasteiger partial charge in [0, 0.05) is 35.7 Å². The predicted octanol–water partition coefficient (Wildman–Crippen LogP) is 4.03. The molecule has 3 aromatic heterocycles. The van der Waals surface area contributed by atoms with E-state index in [1.54, 1.807) is 26.0 Å². The standard InChI is InChI=1S/C29H30FN7O3S/c1-17(2)41(39,40)26-15-32-8-6-20(26)16-37-27-22(11-21(13-31)28(37)38)14-34-29(36-27)35-23-4-5-24(25(30)12-23)19-7-9-33-18(3)10-19/h4-6,8,11-12,14-15,17-19,33H,7,9-10,16H2,1-3H3,(H,34,35,36). The summed E-state index contributed by atoms with van der Waals surface area (Å²) in [6, 6.07) is 10.1. The Balaban J connectivity index is 1.53. The van der Waals surface area contributed by atoms with Crippen LogP contribution in [-0.4, -0.2) is 45.8 Å². The van der Waals surface area contributed by atoms with Crippen LogP contribution >= 0.6 is 0 Å². The molecule has 0 spiro atoms. The quantitative estimate of drug-likeness (QED) is 0.334. The summed E-state index contributed by atoms with van der Waals surface area (Å²) in [6.07, 6.45) is 5.89. The Morgan fingerprint density at radius 3 is 2.76 bits per heavy atom. The molecule has 0 bridgehead atoms. The van der Waals surface area contributed by atoms with E-state index in [1.165, 1.54) is 41.4 Å². The first-order chi connectivity index (χ1) is 19.6. The number of fused-ring (bicyclic) bond motifs is 1. The zero-order chi connectivity index (χ0) is 29.3. The molecule has 0 radical (unpaired) electrons. The third-order valence-corrected chi connectivity index (χ3v) is 9.62. The molecule has 41 heavy (non-hydrogen) atoms. The predicted molar refractivity (Wildman–Crippen MR) is 153 cm³/mol. The van der Waals surface area contributed by atoms with Crippen molar-refractivity contribution in [3.05, 3.63) is 81.8 Å². The van der Waals surface area contributed by atoms with Crippen LogP contribution in [-0.2, 0) is 16.4 Å². The summed E-state index contributed by atoms with van der Waals surface area (Å²) < 4.78 is 42.3. The second kappa shape index (κ2) is 11.3. The lowest BCUT2D eigenvalue weighted by atomic mass is 9.86. The molecule has 1 aromatic carbocycles. The van der Waals surface area contributed by atoms with Crippen molar-refractivity contribution < 1.29 is 12.8 Å². The molecule has 1 aliphatic rings. The summed E-state index contributed by atoms with van der Waals surface area (Å²) >= 11 is 0. The number of anilines is 2. The van der Waals surface area contributed by atoms with E-state index in [4.69, 9.17) is 0 Å². The third kappa shape index (κ3) is 5.68. The molecule has 4 aromatic rings. The molecule has 1 fully saturated rings. The van der Waals surface area contributed by atoms with Crippen molar-refractivity contribution >= 4 is 32.5 Å². The minimum atomic E-state index is -3.70. The Hall–Kier alpha value is -4.21. The number of pyridine rings is 2. The Kier molecular flexibility index (Phi) is 7.84. The number of benzene rings is 1. The number of sulfone groups is 1. The highest BCUT2D eigenvalue weighted by Gasteiger charge is 2.25. The molecule has 2 N–H and O–H groups in total. The minimum absolute atomic E-state index is 0.00326. The van der Waals surface area contributed by atoms with Crippen LogP contribution in [0, 0.1) is 17.1 Å². The van der Waals surface area contributed by atoms with Crippen molar-refractivity contribution in [2.75, 3.05) is 11.9 Å². The Morgan fingerprint density at radius 1 is 1.24 bits per heavy atom. The first-order valence-corrected chi connectivity index (χ1v) is 14.9. The Morgan fingerprint density at radius 2 is 2.05 bits per heavy atom. The van der Waals surface area contributed by atoms with Gasteiger partial charge >= 0.3 is 0 Å². The van der Waals surface area contributed by atoms with Crippen LogP contribution in [0.1, 0.15) is 56.2 Å². The normalized spacial score (nSPS) is 17.5. The molecule has 12 heteroatoms. The summed E-state index contributed by atoms with van der Waals surface area (Å²) in [5.74, 6) is -0.0663. The number of nitrogens with one attached hydrogen (secondary N) is 2. The maximum absolute atomic E-state index is 15.1. The van der Waals surface area contributed by atoms with Gasteiger partial charge in [0.15, 0.2) is 9.84 Å². The summed E-state index contributed by atoms with van der Waals surface area (Å²) in [5, 5.41) is 15.7. The molecular weight excluding hydrogens is 545 g/mol. The van der Waals surface area contributed by atoms with Crippen molar-refractivity contribution in [2.24, 2.45) is 0 Å². The number of halogens is 1. The second-order valence-electron chi connectivity index (χ2n) is 10.5. The van der Waals surface area contributed by atoms with E-state index in [0.717, 1.165) is 19.4 Å². The topological polar surface area (TPSA) is 143 Å². The van der Waals surface area contributed by atoms with E-state index < -0.39 is 20.6 Å². The summed E-state index contributed by atoms with van der Waals surface area (Å²) in [6.45, 7) is 5.91. The SMILES string of the molecule is CC1CC(c2ccc(Nc3ncc4cc(C#N)c(=O)n(Cc5ccncc5S(=O)(=O)C(C)C)c4n3)cc2F)CCN1. The first kappa shape index (κ1) is 28.3. The van der Waals surface area contributed by atoms with Gasteiger partial charge in [-0.3, -0.25) is 14.3 Å². The van der Waals surface area contributed by atoms with Crippen LogP contribution in [0.25, 0.3) is 11.0 Å². The Bertz CT molecular complexity index is 1830. The highest BCUT2D eigenvalue weighted by molar-refractivity contribution is 7.92. The molecular formula is C29H30FN7O3S. The van der Waals surface area contributed by atoms with E-state index in [2.05, 4.69) is 32.5 Å². The van der Waals surface area contributed by atoms with Crippen molar-refractivity contribution in [3.63, 3.8) is 0 Å². The minimum Gasteiger partial charge on any atom is -0.324 e. The van der Waals surface area contributed by atoms with Gasteiger partial charge in [0.25, 0.3) is 5.56 Å². The molecule has 10 nitrogen and oxygen atoms in total. The van der Waals surface area contributed by atoms with Gasteiger partial charge in [-0.1, -0.05) is 6.07 Å². The third-order valence-electron chi connectivity index (χ3n) is 7.39. The highest BCUT2D eigenvalue weighted by Crippen LogP contribution is 2.31. The van der Waals surface area contributed by atoms with Crippen molar-refractivity contribution in [3.8, 4) is 6.07 Å². The molecule has 0 saturated carbocycles. The van der Waals surface area contributed by atoms with Gasteiger partial charge in [0.1, 0.15) is 23.1 Å². The fourth-order valence-corrected chi connectivity index (χ4v) is 6.36. The van der Waals surface area contributed by atoms with Gasteiger partial charge in [-0.2, -0.15) is 10.2 Å². The number of nitriles is 1. The molecule has 2 atom stereocenters. The number of rotatable bonds is 7. The molecule has 5 rings (SSSR count). The lowest BCUT2D eigenvalue weighted by Crippen LogP contribution is -2.35. The zero-order valence-electron chi connectivity index (χ0n) is 22.9. The van der Waals surface area contributed by atoms with Crippen LogP contribution in [0.15, 0.2) is 58.6 Å². The maximum atomic E-state index is 15.1. The van der Waals surface area contributed by atoms with Crippen molar-refractivity contribution in [1.82, 2.24) is 24.8 Å². The average molecular weight is 576 g/mol. The van der Waals surface area contributed by atoms with Gasteiger partial charge in [0.05, 0.1) is 16.7 Å². The average Bonchev–Trinajstić information content (AvgIpc) is 2.94. The fraction of sp³-hybridized carbons (Fsp3) is 0.345. The molecule has 0 amide bonds. The van der Waals surface area contributed by atoms with E-state index in [1.807, 2.05) is 6.07 Å². The largest absolute Gasteiger partial charge is 0.324 e. The van der Waals surface area contributed by atoms with Gasteiger partial charge < -0.3 is 10.6 Å². The smallest absolute Gasteiger partial charge is 0.270 e. The van der Waals surface area contributed by atoms with Crippen LogP contribution < -0.4 is 16.2 Å². The van der Waals surface area contributed by atoms with Crippen LogP contribution in [0.3, 0.4) is 0 Å². The Labute approximate surface area is 237 Å².